The molecule has 0 spiro atoms. The van der Waals surface area contributed by atoms with Gasteiger partial charge in [0.15, 0.2) is 0 Å². The molecule has 0 bridgehead atoms. The minimum absolute atomic E-state index is 0.314. The lowest BCUT2D eigenvalue weighted by Gasteiger charge is -2.00. The molecule has 68 valence electrons. The van der Waals surface area contributed by atoms with Crippen molar-refractivity contribution in [3.05, 3.63) is 34.3 Å². The van der Waals surface area contributed by atoms with Crippen LogP contribution in [0.5, 0.6) is 0 Å². The summed E-state index contributed by atoms with van der Waals surface area (Å²) in [4.78, 5) is 22.2. The first-order valence-electron chi connectivity index (χ1n) is 3.54. The van der Waals surface area contributed by atoms with Crippen LogP contribution in [0, 0.1) is 0 Å². The standard InChI is InChI=1S/C9H7BrO3/c1-13-9(12)8(11)6-4-2-3-5-7(6)10/h2-5H,1H3. The first-order valence-corrected chi connectivity index (χ1v) is 4.33. The highest BCUT2D eigenvalue weighted by Gasteiger charge is 2.18. The van der Waals surface area contributed by atoms with Gasteiger partial charge in [0.1, 0.15) is 0 Å². The van der Waals surface area contributed by atoms with Crippen molar-refractivity contribution in [2.75, 3.05) is 7.11 Å². The fourth-order valence-corrected chi connectivity index (χ4v) is 1.31. The van der Waals surface area contributed by atoms with Crippen LogP contribution in [0.25, 0.3) is 0 Å². The predicted molar refractivity (Wildman–Crippen MR) is 50.5 cm³/mol. The zero-order chi connectivity index (χ0) is 9.84. The Morgan fingerprint density at radius 1 is 1.31 bits per heavy atom. The predicted octanol–water partition coefficient (Wildman–Crippen LogP) is 1.80. The number of hydrogen-bond donors (Lipinski definition) is 0. The fraction of sp³-hybridized carbons (Fsp3) is 0.111. The van der Waals surface area contributed by atoms with Gasteiger partial charge in [0.05, 0.1) is 7.11 Å². The minimum atomic E-state index is -0.855. The summed E-state index contributed by atoms with van der Waals surface area (Å²) < 4.78 is 4.90. The molecule has 0 aromatic heterocycles. The number of esters is 1. The maximum absolute atomic E-state index is 11.3. The van der Waals surface area contributed by atoms with E-state index >= 15 is 0 Å². The molecular formula is C9H7BrO3. The van der Waals surface area contributed by atoms with E-state index in [2.05, 4.69) is 20.7 Å². The fourth-order valence-electron chi connectivity index (χ4n) is 0.848. The Balaban J connectivity index is 3.02. The van der Waals surface area contributed by atoms with Crippen molar-refractivity contribution in [3.8, 4) is 0 Å². The Morgan fingerprint density at radius 2 is 1.92 bits per heavy atom. The molecule has 0 amide bonds. The van der Waals surface area contributed by atoms with Crippen LogP contribution in [0.4, 0.5) is 0 Å². The molecule has 1 aromatic carbocycles. The SMILES string of the molecule is COC(=O)C(=O)c1ccccc1Br. The van der Waals surface area contributed by atoms with Crippen molar-refractivity contribution in [2.45, 2.75) is 0 Å². The molecular weight excluding hydrogens is 236 g/mol. The molecule has 0 aliphatic heterocycles. The van der Waals surface area contributed by atoms with Crippen LogP contribution in [0.2, 0.25) is 0 Å². The van der Waals surface area contributed by atoms with Gasteiger partial charge in [-0.25, -0.2) is 4.79 Å². The van der Waals surface area contributed by atoms with Crippen molar-refractivity contribution in [1.29, 1.82) is 0 Å². The molecule has 0 saturated heterocycles. The zero-order valence-electron chi connectivity index (χ0n) is 6.91. The summed E-state index contributed by atoms with van der Waals surface area (Å²) in [5.74, 6) is -1.50. The molecule has 0 saturated carbocycles. The van der Waals surface area contributed by atoms with E-state index in [1.165, 1.54) is 7.11 Å². The molecule has 0 aliphatic rings. The zero-order valence-corrected chi connectivity index (χ0v) is 8.50. The molecule has 0 N–H and O–H groups in total. The number of benzene rings is 1. The van der Waals surface area contributed by atoms with E-state index in [-0.39, 0.29) is 0 Å². The lowest BCUT2D eigenvalue weighted by Crippen LogP contribution is -2.15. The average molecular weight is 243 g/mol. The smallest absolute Gasteiger partial charge is 0.379 e. The Bertz CT molecular complexity index is 346. The van der Waals surface area contributed by atoms with E-state index in [0.717, 1.165) is 0 Å². The largest absolute Gasteiger partial charge is 0.463 e. The topological polar surface area (TPSA) is 43.4 Å². The second-order valence-electron chi connectivity index (χ2n) is 2.30. The van der Waals surface area contributed by atoms with Gasteiger partial charge in [-0.3, -0.25) is 4.79 Å². The molecule has 0 aliphatic carbocycles. The normalized spacial score (nSPS) is 9.38. The van der Waals surface area contributed by atoms with Crippen LogP contribution in [0.15, 0.2) is 28.7 Å². The maximum atomic E-state index is 11.3. The summed E-state index contributed by atoms with van der Waals surface area (Å²) in [6.07, 6.45) is 0. The van der Waals surface area contributed by atoms with Gasteiger partial charge in [-0.2, -0.15) is 0 Å². The van der Waals surface area contributed by atoms with E-state index in [0.29, 0.717) is 10.0 Å². The number of methoxy groups -OCH3 is 1. The van der Waals surface area contributed by atoms with Crippen molar-refractivity contribution in [1.82, 2.24) is 0 Å². The summed E-state index contributed by atoms with van der Waals surface area (Å²) in [5.41, 5.74) is 0.314. The van der Waals surface area contributed by atoms with Gasteiger partial charge in [0.25, 0.3) is 5.78 Å². The molecule has 13 heavy (non-hydrogen) atoms. The van der Waals surface area contributed by atoms with E-state index in [4.69, 9.17) is 0 Å². The third-order valence-corrected chi connectivity index (χ3v) is 2.18. The van der Waals surface area contributed by atoms with Crippen LogP contribution in [0.1, 0.15) is 10.4 Å². The molecule has 3 nitrogen and oxygen atoms in total. The summed E-state index contributed by atoms with van der Waals surface area (Å²) in [6, 6.07) is 6.69. The van der Waals surface area contributed by atoms with Crippen LogP contribution in [-0.4, -0.2) is 18.9 Å². The summed E-state index contributed by atoms with van der Waals surface area (Å²) >= 11 is 3.17. The molecule has 0 atom stereocenters. The maximum Gasteiger partial charge on any atom is 0.379 e. The molecule has 0 heterocycles. The molecule has 1 aromatic rings. The Labute approximate surface area is 83.8 Å². The second kappa shape index (κ2) is 4.18. The second-order valence-corrected chi connectivity index (χ2v) is 3.15. The summed E-state index contributed by atoms with van der Waals surface area (Å²) in [6.45, 7) is 0. The summed E-state index contributed by atoms with van der Waals surface area (Å²) in [7, 11) is 1.18. The van der Waals surface area contributed by atoms with Gasteiger partial charge in [0.2, 0.25) is 0 Å². The molecule has 1 rings (SSSR count). The molecule has 0 radical (unpaired) electrons. The first kappa shape index (κ1) is 9.92. The third kappa shape index (κ3) is 2.15. The van der Waals surface area contributed by atoms with Gasteiger partial charge < -0.3 is 4.74 Å². The van der Waals surface area contributed by atoms with E-state index in [9.17, 15) is 9.59 Å². The van der Waals surface area contributed by atoms with Gasteiger partial charge in [0, 0.05) is 10.0 Å². The Hall–Kier alpha value is -1.16. The van der Waals surface area contributed by atoms with Crippen LogP contribution in [0.3, 0.4) is 0 Å². The minimum Gasteiger partial charge on any atom is -0.463 e. The van der Waals surface area contributed by atoms with Gasteiger partial charge >= 0.3 is 5.97 Å². The number of ether oxygens (including phenoxy) is 1. The van der Waals surface area contributed by atoms with Gasteiger partial charge in [-0.15, -0.1) is 0 Å². The van der Waals surface area contributed by atoms with Crippen molar-refractivity contribution in [2.24, 2.45) is 0 Å². The van der Waals surface area contributed by atoms with E-state index < -0.39 is 11.8 Å². The molecule has 0 fully saturated rings. The third-order valence-electron chi connectivity index (χ3n) is 1.49. The lowest BCUT2D eigenvalue weighted by atomic mass is 10.1. The highest BCUT2D eigenvalue weighted by molar-refractivity contribution is 9.10. The van der Waals surface area contributed by atoms with E-state index in [1.807, 2.05) is 0 Å². The number of halogens is 1. The highest BCUT2D eigenvalue weighted by Crippen LogP contribution is 2.16. The van der Waals surface area contributed by atoms with Crippen LogP contribution >= 0.6 is 15.9 Å². The van der Waals surface area contributed by atoms with Crippen LogP contribution < -0.4 is 0 Å². The Morgan fingerprint density at radius 3 is 2.46 bits per heavy atom. The average Bonchev–Trinajstić information content (AvgIpc) is 2.16. The highest BCUT2D eigenvalue weighted by atomic mass is 79.9. The lowest BCUT2D eigenvalue weighted by molar-refractivity contribution is -0.135. The van der Waals surface area contributed by atoms with Crippen molar-refractivity contribution >= 4 is 27.7 Å². The number of carbonyl (C=O) groups excluding carboxylic acids is 2. The summed E-state index contributed by atoms with van der Waals surface area (Å²) in [5, 5.41) is 0. The quantitative estimate of drug-likeness (QED) is 0.452. The number of ketones is 1. The monoisotopic (exact) mass is 242 g/mol. The first-order chi connectivity index (χ1) is 6.16. The van der Waals surface area contributed by atoms with Gasteiger partial charge in [-0.05, 0) is 12.1 Å². The number of Topliss-reactive ketones (excluding diaryl/α,β-unsaturated/α-hetero) is 1. The van der Waals surface area contributed by atoms with Crippen LogP contribution in [-0.2, 0) is 9.53 Å². The van der Waals surface area contributed by atoms with Crippen molar-refractivity contribution < 1.29 is 14.3 Å². The number of carbonyl (C=O) groups is 2. The molecule has 4 heteroatoms. The Kier molecular flexibility index (Phi) is 3.19. The number of rotatable bonds is 2. The van der Waals surface area contributed by atoms with Crippen molar-refractivity contribution in [3.63, 3.8) is 0 Å². The van der Waals surface area contributed by atoms with E-state index in [1.54, 1.807) is 24.3 Å². The van der Waals surface area contributed by atoms with Gasteiger partial charge in [-0.1, -0.05) is 28.1 Å². The number of hydrogen-bond acceptors (Lipinski definition) is 3. The molecule has 0 unspecified atom stereocenters.